The number of carbonyl (C=O) groups is 1. The third-order valence-corrected chi connectivity index (χ3v) is 5.21. The molecule has 2 aromatic carbocycles. The van der Waals surface area contributed by atoms with Gasteiger partial charge in [-0.3, -0.25) is 9.69 Å². The monoisotopic (exact) mass is 378 g/mol. The lowest BCUT2D eigenvalue weighted by Crippen LogP contribution is -2.41. The maximum absolute atomic E-state index is 12.6. The van der Waals surface area contributed by atoms with E-state index in [0.717, 1.165) is 21.3 Å². The molecule has 0 aliphatic carbocycles. The van der Waals surface area contributed by atoms with Crippen molar-refractivity contribution in [3.05, 3.63) is 70.9 Å². The smallest absolute Gasteiger partial charge is 0.279 e. The van der Waals surface area contributed by atoms with Crippen LogP contribution >= 0.6 is 11.3 Å². The van der Waals surface area contributed by atoms with Gasteiger partial charge in [-0.15, -0.1) is 11.3 Å². The number of aromatic nitrogens is 1. The summed E-state index contributed by atoms with van der Waals surface area (Å²) in [7, 11) is 1.67. The van der Waals surface area contributed by atoms with Crippen molar-refractivity contribution in [2.24, 2.45) is 4.99 Å². The fraction of sp³-hybridized carbons (Fsp3) is 0.150. The molecular weight excluding hydrogens is 360 g/mol. The molecule has 1 amide bonds. The maximum Gasteiger partial charge on any atom is 0.279 e. The second kappa shape index (κ2) is 7.30. The number of fused-ring (bicyclic) bond motifs is 1. The van der Waals surface area contributed by atoms with E-state index in [1.54, 1.807) is 30.0 Å². The number of hydrogen-bond acceptors (Lipinski definition) is 6. The Balaban J connectivity index is 1.61. The number of nitrogens with zero attached hydrogens (tertiary/aromatic N) is 3. The van der Waals surface area contributed by atoms with Gasteiger partial charge in [0.1, 0.15) is 5.70 Å². The van der Waals surface area contributed by atoms with E-state index < -0.39 is 0 Å². The van der Waals surface area contributed by atoms with Crippen LogP contribution in [0.25, 0.3) is 16.3 Å². The van der Waals surface area contributed by atoms with Gasteiger partial charge >= 0.3 is 0 Å². The third-order valence-electron chi connectivity index (χ3n) is 4.41. The van der Waals surface area contributed by atoms with Gasteiger partial charge < -0.3 is 10.4 Å². The number of nitrogens with one attached hydrogen (secondary N) is 1. The molecule has 0 spiro atoms. The summed E-state index contributed by atoms with van der Waals surface area (Å²) < 4.78 is 1.06. The van der Waals surface area contributed by atoms with Crippen LogP contribution in [0.2, 0.25) is 0 Å². The number of guanidine groups is 1. The standard InChI is InChI=1S/C20H18N4O2S/c1-24-19(26)16(9-13-7-8-15-18(10-13)27-12-21-15)22-20(24)23-17(11-25)14-5-3-2-4-6-14/h2-10,12,17,25H,11H2,1H3,(H,22,23)/b16-9-/t17-/m1/s1. The van der Waals surface area contributed by atoms with Crippen molar-refractivity contribution < 1.29 is 9.90 Å². The summed E-state index contributed by atoms with van der Waals surface area (Å²) in [6.45, 7) is -0.105. The lowest BCUT2D eigenvalue weighted by molar-refractivity contribution is -0.121. The minimum Gasteiger partial charge on any atom is -0.394 e. The first-order chi connectivity index (χ1) is 13.2. The van der Waals surface area contributed by atoms with E-state index in [1.807, 2.05) is 48.5 Å². The highest BCUT2D eigenvalue weighted by Crippen LogP contribution is 2.23. The van der Waals surface area contributed by atoms with Crippen LogP contribution in [0.1, 0.15) is 17.2 Å². The first-order valence-electron chi connectivity index (χ1n) is 8.50. The van der Waals surface area contributed by atoms with Gasteiger partial charge in [0.2, 0.25) is 5.96 Å². The molecule has 6 nitrogen and oxygen atoms in total. The number of carbonyl (C=O) groups excluding carboxylic acids is 1. The number of aliphatic imine (C=N–C) groups is 1. The second-order valence-corrected chi connectivity index (χ2v) is 7.09. The summed E-state index contributed by atoms with van der Waals surface area (Å²) in [6.07, 6.45) is 1.77. The Morgan fingerprint density at radius 3 is 2.85 bits per heavy atom. The first-order valence-corrected chi connectivity index (χ1v) is 9.37. The highest BCUT2D eigenvalue weighted by molar-refractivity contribution is 7.16. The van der Waals surface area contributed by atoms with Crippen molar-refractivity contribution in [2.45, 2.75) is 6.04 Å². The number of likely N-dealkylation sites (N-methyl/N-ethyl adjacent to an activating group) is 1. The molecule has 1 aliphatic rings. The first kappa shape index (κ1) is 17.4. The summed E-state index contributed by atoms with van der Waals surface area (Å²) in [5, 5.41) is 12.9. The third kappa shape index (κ3) is 3.47. The predicted octanol–water partition coefficient (Wildman–Crippen LogP) is 2.79. The number of aliphatic hydroxyl groups excluding tert-OH is 1. The summed E-state index contributed by atoms with van der Waals surface area (Å²) in [4.78, 5) is 22.7. The van der Waals surface area contributed by atoms with Crippen molar-refractivity contribution >= 4 is 39.5 Å². The Bertz CT molecular complexity index is 1040. The molecule has 0 unspecified atom stereocenters. The van der Waals surface area contributed by atoms with Crippen molar-refractivity contribution in [2.75, 3.05) is 13.7 Å². The second-order valence-electron chi connectivity index (χ2n) is 6.20. The fourth-order valence-corrected chi connectivity index (χ4v) is 3.65. The molecule has 3 aromatic rings. The SMILES string of the molecule is CN1C(=O)/C(=C/c2ccc3ncsc3c2)N=C1N[C@H](CO)c1ccccc1. The van der Waals surface area contributed by atoms with Gasteiger partial charge in [-0.25, -0.2) is 9.98 Å². The van der Waals surface area contributed by atoms with E-state index in [0.29, 0.717) is 11.7 Å². The van der Waals surface area contributed by atoms with E-state index in [4.69, 9.17) is 0 Å². The predicted molar refractivity (Wildman–Crippen MR) is 107 cm³/mol. The molecule has 0 radical (unpaired) electrons. The van der Waals surface area contributed by atoms with Crippen LogP contribution in [0.3, 0.4) is 0 Å². The Morgan fingerprint density at radius 2 is 2.07 bits per heavy atom. The van der Waals surface area contributed by atoms with E-state index in [9.17, 15) is 9.90 Å². The molecule has 136 valence electrons. The van der Waals surface area contributed by atoms with Crippen LogP contribution in [0.15, 0.2) is 64.7 Å². The molecule has 27 heavy (non-hydrogen) atoms. The van der Waals surface area contributed by atoms with Gasteiger partial charge in [-0.2, -0.15) is 0 Å². The molecule has 2 N–H and O–H groups in total. The normalized spacial score (nSPS) is 16.8. The summed E-state index contributed by atoms with van der Waals surface area (Å²) >= 11 is 1.56. The fourth-order valence-electron chi connectivity index (χ4n) is 2.92. The number of benzene rings is 2. The van der Waals surface area contributed by atoms with Gasteiger partial charge in [0.15, 0.2) is 0 Å². The van der Waals surface area contributed by atoms with Crippen LogP contribution < -0.4 is 5.32 Å². The van der Waals surface area contributed by atoms with Crippen LogP contribution in [-0.4, -0.2) is 40.5 Å². The number of rotatable bonds is 4. The van der Waals surface area contributed by atoms with E-state index >= 15 is 0 Å². The van der Waals surface area contributed by atoms with Gasteiger partial charge in [0.05, 0.1) is 28.4 Å². The molecule has 2 heterocycles. The Morgan fingerprint density at radius 1 is 1.26 bits per heavy atom. The van der Waals surface area contributed by atoms with Gasteiger partial charge in [0.25, 0.3) is 5.91 Å². The minimum absolute atomic E-state index is 0.105. The molecule has 1 aromatic heterocycles. The van der Waals surface area contributed by atoms with Gasteiger partial charge in [0, 0.05) is 7.05 Å². The molecule has 1 aliphatic heterocycles. The molecule has 0 bridgehead atoms. The minimum atomic E-state index is -0.340. The molecular formula is C20H18N4O2S. The average molecular weight is 378 g/mol. The maximum atomic E-state index is 12.6. The van der Waals surface area contributed by atoms with Crippen LogP contribution in [0.4, 0.5) is 0 Å². The Labute approximate surface area is 160 Å². The highest BCUT2D eigenvalue weighted by Gasteiger charge is 2.28. The van der Waals surface area contributed by atoms with Crippen molar-refractivity contribution in [3.63, 3.8) is 0 Å². The van der Waals surface area contributed by atoms with Crippen molar-refractivity contribution in [3.8, 4) is 0 Å². The van der Waals surface area contributed by atoms with E-state index in [-0.39, 0.29) is 18.6 Å². The Kier molecular flexibility index (Phi) is 4.70. The number of amides is 1. The number of aliphatic hydroxyl groups is 1. The topological polar surface area (TPSA) is 77.8 Å². The molecule has 0 fully saturated rings. The quantitative estimate of drug-likeness (QED) is 0.685. The molecule has 0 saturated heterocycles. The van der Waals surface area contributed by atoms with E-state index in [1.165, 1.54) is 4.90 Å². The van der Waals surface area contributed by atoms with Crippen molar-refractivity contribution in [1.29, 1.82) is 0 Å². The zero-order chi connectivity index (χ0) is 18.8. The zero-order valence-electron chi connectivity index (χ0n) is 14.7. The van der Waals surface area contributed by atoms with E-state index in [2.05, 4.69) is 15.3 Å². The van der Waals surface area contributed by atoms with Gasteiger partial charge in [-0.1, -0.05) is 36.4 Å². The zero-order valence-corrected chi connectivity index (χ0v) is 15.5. The largest absolute Gasteiger partial charge is 0.394 e. The molecule has 7 heteroatoms. The molecule has 1 atom stereocenters. The number of thiazole rings is 1. The lowest BCUT2D eigenvalue weighted by atomic mass is 10.1. The molecule has 0 saturated carbocycles. The Hall–Kier alpha value is -3.03. The van der Waals surface area contributed by atoms with Gasteiger partial charge in [-0.05, 0) is 29.3 Å². The summed E-state index contributed by atoms with van der Waals surface area (Å²) in [5.74, 6) is 0.236. The average Bonchev–Trinajstić information content (AvgIpc) is 3.27. The molecule has 4 rings (SSSR count). The summed E-state index contributed by atoms with van der Waals surface area (Å²) in [5.41, 5.74) is 4.92. The van der Waals surface area contributed by atoms with Crippen LogP contribution in [0.5, 0.6) is 0 Å². The summed E-state index contributed by atoms with van der Waals surface area (Å²) in [6, 6.07) is 15.1. The highest BCUT2D eigenvalue weighted by atomic mass is 32.1. The van der Waals surface area contributed by atoms with Crippen LogP contribution in [0, 0.1) is 0 Å². The number of hydrogen-bond donors (Lipinski definition) is 2. The van der Waals surface area contributed by atoms with Crippen molar-refractivity contribution in [1.82, 2.24) is 15.2 Å². The van der Waals surface area contributed by atoms with Crippen LogP contribution in [-0.2, 0) is 4.79 Å². The lowest BCUT2D eigenvalue weighted by Gasteiger charge is -2.20.